The average Bonchev–Trinajstić information content (AvgIpc) is 2.82. The zero-order valence-electron chi connectivity index (χ0n) is 23.1. The van der Waals surface area contributed by atoms with Crippen LogP contribution in [0.25, 0.3) is 0 Å². The maximum atomic E-state index is 12.5. The molecule has 0 heterocycles. The fourth-order valence-electron chi connectivity index (χ4n) is 3.44. The molecule has 0 spiro atoms. The summed E-state index contributed by atoms with van der Waals surface area (Å²) in [7, 11) is -2.59. The lowest BCUT2D eigenvalue weighted by Crippen LogP contribution is -2.47. The van der Waals surface area contributed by atoms with Gasteiger partial charge in [0.05, 0.1) is 25.4 Å². The lowest BCUT2D eigenvalue weighted by atomic mass is 10.0. The summed E-state index contributed by atoms with van der Waals surface area (Å²) >= 11 is 3.19. The normalized spacial score (nSPS) is 15.5. The Morgan fingerprint density at radius 2 is 1.56 bits per heavy atom. The first-order valence-corrected chi connectivity index (χ1v) is 16.0. The number of unbranched alkanes of at least 4 members (excludes halogenated alkanes) is 11. The molecule has 0 rings (SSSR count). The Morgan fingerprint density at radius 3 is 2.06 bits per heavy atom. The van der Waals surface area contributed by atoms with Crippen LogP contribution in [0, 0.1) is 0 Å². The van der Waals surface area contributed by atoms with Crippen LogP contribution in [0.3, 0.4) is 0 Å². The molecule has 36 heavy (non-hydrogen) atoms. The van der Waals surface area contributed by atoms with Crippen molar-refractivity contribution in [3.05, 3.63) is 12.2 Å². The van der Waals surface area contributed by atoms with Gasteiger partial charge in [-0.2, -0.15) is 0 Å². The van der Waals surface area contributed by atoms with Crippen LogP contribution in [-0.2, 0) is 22.9 Å². The van der Waals surface area contributed by atoms with E-state index in [0.29, 0.717) is 5.33 Å². The standard InChI is InChI=1S/C26H51BrNO7P/c1-6-7-8-9-10-11-12-13-14-15-16-17-18-19-24(29)23(28-25(30)35-26(2,3)4)22-34-36(31,32-5)33-21-20-27/h18-19,23-24,29H,6-17,20-22H2,1-5H3,(H,28,30)/b19-18+/t23-,24+,36?/m0/s1. The number of carbonyl (C=O) groups excluding carboxylic acids is 1. The summed E-state index contributed by atoms with van der Waals surface area (Å²) in [5.74, 6) is 0. The fraction of sp³-hybridized carbons (Fsp3) is 0.885. The van der Waals surface area contributed by atoms with Crippen molar-refractivity contribution in [3.63, 3.8) is 0 Å². The number of hydrogen-bond acceptors (Lipinski definition) is 7. The third-order valence-electron chi connectivity index (χ3n) is 5.38. The number of aliphatic hydroxyl groups is 1. The smallest absolute Gasteiger partial charge is 0.444 e. The first-order chi connectivity index (χ1) is 17.1. The van der Waals surface area contributed by atoms with Crippen molar-refractivity contribution in [2.75, 3.05) is 25.7 Å². The Kier molecular flexibility index (Phi) is 21.2. The van der Waals surface area contributed by atoms with Gasteiger partial charge >= 0.3 is 13.9 Å². The topological polar surface area (TPSA) is 103 Å². The summed E-state index contributed by atoms with van der Waals surface area (Å²) in [6.45, 7) is 7.32. The van der Waals surface area contributed by atoms with Crippen molar-refractivity contribution in [1.29, 1.82) is 0 Å². The maximum Gasteiger partial charge on any atom is 0.474 e. The largest absolute Gasteiger partial charge is 0.474 e. The van der Waals surface area contributed by atoms with Crippen LogP contribution < -0.4 is 5.32 Å². The van der Waals surface area contributed by atoms with Gasteiger partial charge in [-0.25, -0.2) is 9.36 Å². The first kappa shape index (κ1) is 35.6. The van der Waals surface area contributed by atoms with Crippen molar-refractivity contribution in [2.24, 2.45) is 0 Å². The van der Waals surface area contributed by atoms with Crippen LogP contribution in [0.15, 0.2) is 12.2 Å². The Morgan fingerprint density at radius 1 is 1.00 bits per heavy atom. The monoisotopic (exact) mass is 599 g/mol. The number of aliphatic hydroxyl groups excluding tert-OH is 1. The maximum absolute atomic E-state index is 12.5. The zero-order chi connectivity index (χ0) is 27.3. The highest BCUT2D eigenvalue weighted by atomic mass is 79.9. The van der Waals surface area contributed by atoms with Crippen LogP contribution in [0.4, 0.5) is 4.79 Å². The molecule has 0 aliphatic carbocycles. The van der Waals surface area contributed by atoms with Crippen LogP contribution in [0.1, 0.15) is 105 Å². The minimum absolute atomic E-state index is 0.122. The Labute approximate surface area is 228 Å². The van der Waals surface area contributed by atoms with Gasteiger partial charge in [0, 0.05) is 12.4 Å². The molecule has 0 aliphatic heterocycles. The van der Waals surface area contributed by atoms with Gasteiger partial charge in [0.1, 0.15) is 5.60 Å². The molecule has 0 aromatic rings. The van der Waals surface area contributed by atoms with Gasteiger partial charge in [0.25, 0.3) is 0 Å². The van der Waals surface area contributed by atoms with E-state index in [1.807, 2.05) is 6.08 Å². The molecule has 0 fully saturated rings. The minimum atomic E-state index is -3.81. The number of carbonyl (C=O) groups is 1. The van der Waals surface area contributed by atoms with E-state index in [0.717, 1.165) is 19.3 Å². The SMILES string of the molecule is CCCCCCCCCCCCC/C=C/[C@@H](O)[C@H](COP(=O)(OC)OCCBr)NC(=O)OC(C)(C)C. The van der Waals surface area contributed by atoms with E-state index in [1.54, 1.807) is 26.8 Å². The highest BCUT2D eigenvalue weighted by molar-refractivity contribution is 9.09. The van der Waals surface area contributed by atoms with Crippen LogP contribution in [0.5, 0.6) is 0 Å². The molecule has 0 aliphatic rings. The zero-order valence-corrected chi connectivity index (χ0v) is 25.6. The molecule has 0 aromatic heterocycles. The van der Waals surface area contributed by atoms with Gasteiger partial charge < -0.3 is 15.2 Å². The number of ether oxygens (including phenoxy) is 1. The summed E-state index contributed by atoms with van der Waals surface area (Å²) in [4.78, 5) is 12.3. The predicted octanol–water partition coefficient (Wildman–Crippen LogP) is 7.68. The molecule has 10 heteroatoms. The summed E-state index contributed by atoms with van der Waals surface area (Å²) in [6.07, 6.45) is 16.7. The van der Waals surface area contributed by atoms with Crippen LogP contribution >= 0.6 is 23.8 Å². The number of rotatable bonds is 22. The molecular formula is C26H51BrNO7P. The molecule has 1 amide bonds. The second kappa shape index (κ2) is 21.5. The van der Waals surface area contributed by atoms with E-state index in [-0.39, 0.29) is 13.2 Å². The van der Waals surface area contributed by atoms with Gasteiger partial charge in [-0.05, 0) is 33.6 Å². The number of alkyl halides is 1. The van der Waals surface area contributed by atoms with Crippen molar-refractivity contribution >= 4 is 29.8 Å². The highest BCUT2D eigenvalue weighted by Gasteiger charge is 2.30. The molecule has 0 aromatic carbocycles. The quantitative estimate of drug-likeness (QED) is 0.0569. The van der Waals surface area contributed by atoms with Gasteiger partial charge in [-0.15, -0.1) is 0 Å². The number of nitrogens with one attached hydrogen (secondary N) is 1. The summed E-state index contributed by atoms with van der Waals surface area (Å²) in [6, 6.07) is -0.899. The minimum Gasteiger partial charge on any atom is -0.444 e. The Bertz CT molecular complexity index is 628. The predicted molar refractivity (Wildman–Crippen MR) is 150 cm³/mol. The van der Waals surface area contributed by atoms with Gasteiger partial charge in [-0.1, -0.05) is 99.2 Å². The highest BCUT2D eigenvalue weighted by Crippen LogP contribution is 2.48. The molecule has 0 radical (unpaired) electrons. The second-order valence-corrected chi connectivity index (χ2v) is 12.5. The number of phosphoric acid groups is 1. The van der Waals surface area contributed by atoms with Crippen molar-refractivity contribution in [1.82, 2.24) is 5.32 Å². The number of amides is 1. The molecule has 3 atom stereocenters. The Balaban J connectivity index is 4.53. The molecule has 0 saturated carbocycles. The lowest BCUT2D eigenvalue weighted by molar-refractivity contribution is 0.0384. The molecule has 214 valence electrons. The first-order valence-electron chi connectivity index (χ1n) is 13.4. The van der Waals surface area contributed by atoms with E-state index in [2.05, 4.69) is 28.2 Å². The molecule has 1 unspecified atom stereocenters. The van der Waals surface area contributed by atoms with Crippen molar-refractivity contribution in [3.8, 4) is 0 Å². The summed E-state index contributed by atoms with van der Waals surface area (Å²) in [5.41, 5.74) is -0.702. The van der Waals surface area contributed by atoms with Crippen LogP contribution in [0.2, 0.25) is 0 Å². The van der Waals surface area contributed by atoms with Gasteiger partial charge in [0.15, 0.2) is 0 Å². The molecule has 8 nitrogen and oxygen atoms in total. The number of hydrogen-bond donors (Lipinski definition) is 2. The summed E-state index contributed by atoms with van der Waals surface area (Å²) in [5, 5.41) is 13.7. The van der Waals surface area contributed by atoms with Gasteiger partial charge in [0.2, 0.25) is 0 Å². The number of halogens is 1. The number of phosphoric ester groups is 1. The molecule has 2 N–H and O–H groups in total. The summed E-state index contributed by atoms with van der Waals surface area (Å²) < 4.78 is 33.2. The molecular weight excluding hydrogens is 549 g/mol. The fourth-order valence-corrected chi connectivity index (χ4v) is 4.80. The Hall–Kier alpha value is -0.440. The van der Waals surface area contributed by atoms with Crippen LogP contribution in [-0.4, -0.2) is 54.6 Å². The van der Waals surface area contributed by atoms with Crippen molar-refractivity contribution < 1.29 is 32.8 Å². The van der Waals surface area contributed by atoms with E-state index in [1.165, 1.54) is 64.9 Å². The van der Waals surface area contributed by atoms with E-state index in [9.17, 15) is 14.5 Å². The van der Waals surface area contributed by atoms with Gasteiger partial charge in [-0.3, -0.25) is 13.6 Å². The lowest BCUT2D eigenvalue weighted by Gasteiger charge is -2.26. The van der Waals surface area contributed by atoms with E-state index < -0.39 is 31.7 Å². The van der Waals surface area contributed by atoms with E-state index >= 15 is 0 Å². The third kappa shape index (κ3) is 20.6. The average molecular weight is 601 g/mol. The molecule has 0 bridgehead atoms. The van der Waals surface area contributed by atoms with E-state index in [4.69, 9.17) is 18.3 Å². The number of alkyl carbamates (subject to hydrolysis) is 1. The third-order valence-corrected chi connectivity index (χ3v) is 7.12. The van der Waals surface area contributed by atoms with Crippen molar-refractivity contribution in [2.45, 2.75) is 122 Å². The second-order valence-electron chi connectivity index (χ2n) is 9.94. The number of allylic oxidation sites excluding steroid dienone is 1. The molecule has 0 saturated heterocycles.